The first-order valence-corrected chi connectivity index (χ1v) is 9.51. The molecule has 0 aliphatic heterocycles. The summed E-state index contributed by atoms with van der Waals surface area (Å²) >= 11 is 0. The fourth-order valence-electron chi connectivity index (χ4n) is 2.93. The molecule has 3 rings (SSSR count). The molecule has 8 heteroatoms. The molecule has 0 aliphatic rings. The van der Waals surface area contributed by atoms with Gasteiger partial charge >= 0.3 is 0 Å². The van der Waals surface area contributed by atoms with Crippen LogP contribution in [-0.4, -0.2) is 21.8 Å². The van der Waals surface area contributed by atoms with E-state index in [0.717, 1.165) is 5.56 Å². The van der Waals surface area contributed by atoms with Crippen molar-refractivity contribution in [2.45, 2.75) is 33.7 Å². The highest BCUT2D eigenvalue weighted by molar-refractivity contribution is 6.03. The second-order valence-electron chi connectivity index (χ2n) is 7.37. The van der Waals surface area contributed by atoms with Crippen LogP contribution in [0.15, 0.2) is 47.1 Å². The SMILES string of the molecule is Cc1cncc(C(=O)N[C@@H](c2nc(C(=O)Nc3cccc(F)c3)c(C)o2)C(C)C)c1. The molecule has 0 bridgehead atoms. The van der Waals surface area contributed by atoms with E-state index >= 15 is 0 Å². The first-order valence-electron chi connectivity index (χ1n) is 9.51. The number of amides is 2. The van der Waals surface area contributed by atoms with Crippen molar-refractivity contribution in [3.8, 4) is 0 Å². The number of aromatic nitrogens is 2. The maximum absolute atomic E-state index is 13.4. The summed E-state index contributed by atoms with van der Waals surface area (Å²) < 4.78 is 19.1. The van der Waals surface area contributed by atoms with Gasteiger partial charge in [0.15, 0.2) is 5.69 Å². The van der Waals surface area contributed by atoms with Gasteiger partial charge in [0, 0.05) is 18.1 Å². The molecule has 1 atom stereocenters. The molecule has 0 spiro atoms. The van der Waals surface area contributed by atoms with Gasteiger partial charge in [0.1, 0.15) is 17.6 Å². The first kappa shape index (κ1) is 21.2. The molecular formula is C22H23FN4O3. The van der Waals surface area contributed by atoms with Crippen molar-refractivity contribution >= 4 is 17.5 Å². The van der Waals surface area contributed by atoms with Gasteiger partial charge in [-0.2, -0.15) is 0 Å². The van der Waals surface area contributed by atoms with E-state index in [0.29, 0.717) is 17.0 Å². The fourth-order valence-corrected chi connectivity index (χ4v) is 2.93. The molecule has 0 radical (unpaired) electrons. The maximum Gasteiger partial charge on any atom is 0.277 e. The van der Waals surface area contributed by atoms with Crippen molar-refractivity contribution in [2.75, 3.05) is 5.32 Å². The van der Waals surface area contributed by atoms with E-state index in [2.05, 4.69) is 20.6 Å². The van der Waals surface area contributed by atoms with E-state index in [1.807, 2.05) is 20.8 Å². The minimum Gasteiger partial charge on any atom is -0.443 e. The average Bonchev–Trinajstić information content (AvgIpc) is 3.07. The van der Waals surface area contributed by atoms with Crippen LogP contribution in [0, 0.1) is 25.6 Å². The zero-order valence-electron chi connectivity index (χ0n) is 17.2. The van der Waals surface area contributed by atoms with E-state index in [-0.39, 0.29) is 23.4 Å². The quantitative estimate of drug-likeness (QED) is 0.635. The molecular weight excluding hydrogens is 387 g/mol. The first-order chi connectivity index (χ1) is 14.2. The summed E-state index contributed by atoms with van der Waals surface area (Å²) in [6.45, 7) is 7.28. The number of oxazole rings is 1. The van der Waals surface area contributed by atoms with Crippen molar-refractivity contribution < 1.29 is 18.4 Å². The molecule has 2 amide bonds. The van der Waals surface area contributed by atoms with Crippen LogP contribution in [-0.2, 0) is 0 Å². The molecule has 0 saturated carbocycles. The summed E-state index contributed by atoms with van der Waals surface area (Å²) in [5.74, 6) is -0.823. The monoisotopic (exact) mass is 410 g/mol. The number of anilines is 1. The van der Waals surface area contributed by atoms with Gasteiger partial charge in [0.2, 0.25) is 5.89 Å². The van der Waals surface area contributed by atoms with Gasteiger partial charge in [-0.25, -0.2) is 9.37 Å². The lowest BCUT2D eigenvalue weighted by molar-refractivity contribution is 0.0915. The predicted molar refractivity (Wildman–Crippen MR) is 110 cm³/mol. The van der Waals surface area contributed by atoms with E-state index in [1.54, 1.807) is 25.3 Å². The number of aryl methyl sites for hydroxylation is 2. The molecule has 156 valence electrons. The number of benzene rings is 1. The largest absolute Gasteiger partial charge is 0.443 e. The zero-order valence-corrected chi connectivity index (χ0v) is 17.2. The number of rotatable bonds is 6. The van der Waals surface area contributed by atoms with Crippen LogP contribution in [0.4, 0.5) is 10.1 Å². The van der Waals surface area contributed by atoms with E-state index in [9.17, 15) is 14.0 Å². The predicted octanol–water partition coefficient (Wildman–Crippen LogP) is 4.20. The molecule has 1 aromatic carbocycles. The summed E-state index contributed by atoms with van der Waals surface area (Å²) in [5.41, 5.74) is 1.68. The van der Waals surface area contributed by atoms with Crippen LogP contribution < -0.4 is 10.6 Å². The Morgan fingerprint density at radius 3 is 2.53 bits per heavy atom. The molecule has 0 fully saturated rings. The van der Waals surface area contributed by atoms with Gasteiger partial charge in [-0.15, -0.1) is 0 Å². The lowest BCUT2D eigenvalue weighted by atomic mass is 10.0. The number of carbonyl (C=O) groups excluding carboxylic acids is 2. The summed E-state index contributed by atoms with van der Waals surface area (Å²) in [5, 5.41) is 5.49. The molecule has 30 heavy (non-hydrogen) atoms. The van der Waals surface area contributed by atoms with Crippen molar-refractivity contribution in [3.63, 3.8) is 0 Å². The van der Waals surface area contributed by atoms with Crippen LogP contribution in [0.1, 0.15) is 58.0 Å². The van der Waals surface area contributed by atoms with Gasteiger partial charge < -0.3 is 15.1 Å². The third kappa shape index (κ3) is 4.89. The Labute approximate surface area is 173 Å². The van der Waals surface area contributed by atoms with E-state index in [4.69, 9.17) is 4.42 Å². The van der Waals surface area contributed by atoms with Crippen molar-refractivity contribution in [1.82, 2.24) is 15.3 Å². The number of nitrogens with zero attached hydrogens (tertiary/aromatic N) is 2. The smallest absolute Gasteiger partial charge is 0.277 e. The van der Waals surface area contributed by atoms with Gasteiger partial charge in [-0.1, -0.05) is 19.9 Å². The highest BCUT2D eigenvalue weighted by atomic mass is 19.1. The molecule has 2 N–H and O–H groups in total. The molecule has 3 aromatic rings. The molecule has 2 aromatic heterocycles. The molecule has 0 saturated heterocycles. The summed E-state index contributed by atoms with van der Waals surface area (Å²) in [7, 11) is 0. The Kier molecular flexibility index (Phi) is 6.25. The third-order valence-corrected chi connectivity index (χ3v) is 4.47. The fraction of sp³-hybridized carbons (Fsp3) is 0.273. The summed E-state index contributed by atoms with van der Waals surface area (Å²) in [4.78, 5) is 33.6. The van der Waals surface area contributed by atoms with Crippen molar-refractivity contribution in [3.05, 3.63) is 77.0 Å². The third-order valence-electron chi connectivity index (χ3n) is 4.47. The van der Waals surface area contributed by atoms with Crippen molar-refractivity contribution in [1.29, 1.82) is 0 Å². The molecule has 7 nitrogen and oxygen atoms in total. The normalized spacial score (nSPS) is 11.9. The summed E-state index contributed by atoms with van der Waals surface area (Å²) in [6.07, 6.45) is 3.15. The Hall–Kier alpha value is -3.55. The van der Waals surface area contributed by atoms with E-state index in [1.165, 1.54) is 24.4 Å². The highest BCUT2D eigenvalue weighted by Crippen LogP contribution is 2.24. The molecule has 2 heterocycles. The van der Waals surface area contributed by atoms with E-state index < -0.39 is 17.8 Å². The molecule has 0 unspecified atom stereocenters. The lowest BCUT2D eigenvalue weighted by Crippen LogP contribution is -2.32. The van der Waals surface area contributed by atoms with Crippen LogP contribution in [0.2, 0.25) is 0 Å². The Morgan fingerprint density at radius 2 is 1.87 bits per heavy atom. The zero-order chi connectivity index (χ0) is 21.8. The van der Waals surface area contributed by atoms with Crippen LogP contribution in [0.5, 0.6) is 0 Å². The second-order valence-corrected chi connectivity index (χ2v) is 7.37. The maximum atomic E-state index is 13.4. The Balaban J connectivity index is 1.81. The van der Waals surface area contributed by atoms with Crippen molar-refractivity contribution in [2.24, 2.45) is 5.92 Å². The van der Waals surface area contributed by atoms with Gasteiger partial charge in [-0.05, 0) is 49.6 Å². The number of pyridine rings is 1. The van der Waals surface area contributed by atoms with Gasteiger partial charge in [0.05, 0.1) is 5.56 Å². The van der Waals surface area contributed by atoms with Crippen LogP contribution >= 0.6 is 0 Å². The standard InChI is InChI=1S/C22H23FN4O3/c1-12(2)18(26-20(28)15-8-13(3)10-24-11-15)22-27-19(14(4)30-22)21(29)25-17-7-5-6-16(23)9-17/h5-12,18H,1-4H3,(H,25,29)(H,26,28)/t18-/m1/s1. The number of hydrogen-bond donors (Lipinski definition) is 2. The van der Waals surface area contributed by atoms with Gasteiger partial charge in [-0.3, -0.25) is 14.6 Å². The summed E-state index contributed by atoms with van der Waals surface area (Å²) in [6, 6.07) is 6.75. The Bertz CT molecular complexity index is 1080. The number of hydrogen-bond acceptors (Lipinski definition) is 5. The second kappa shape index (κ2) is 8.86. The number of halogens is 1. The lowest BCUT2D eigenvalue weighted by Gasteiger charge is -2.19. The molecule has 0 aliphatic carbocycles. The van der Waals surface area contributed by atoms with Crippen LogP contribution in [0.3, 0.4) is 0 Å². The number of carbonyl (C=O) groups is 2. The highest BCUT2D eigenvalue weighted by Gasteiger charge is 2.27. The minimum atomic E-state index is -0.549. The van der Waals surface area contributed by atoms with Gasteiger partial charge in [0.25, 0.3) is 11.8 Å². The minimum absolute atomic E-state index is 0.0519. The number of nitrogens with one attached hydrogen (secondary N) is 2. The topological polar surface area (TPSA) is 97.1 Å². The Morgan fingerprint density at radius 1 is 1.10 bits per heavy atom. The van der Waals surface area contributed by atoms with Crippen LogP contribution in [0.25, 0.3) is 0 Å². The average molecular weight is 410 g/mol.